The van der Waals surface area contributed by atoms with Crippen LogP contribution in [0.3, 0.4) is 0 Å². The molecule has 0 bridgehead atoms. The number of allylic oxidation sites excluding steroid dienone is 4. The Balaban J connectivity index is 4.22. The fraction of sp³-hybridized carbons (Fsp3) is 0.846. The molecule has 0 aromatic carbocycles. The van der Waals surface area contributed by atoms with Crippen LogP contribution in [0.5, 0.6) is 0 Å². The van der Waals surface area contributed by atoms with Crippen molar-refractivity contribution in [3.63, 3.8) is 0 Å². The summed E-state index contributed by atoms with van der Waals surface area (Å²) >= 11 is -3.07. The van der Waals surface area contributed by atoms with Crippen LogP contribution in [0, 0.1) is 17.8 Å². The van der Waals surface area contributed by atoms with Gasteiger partial charge in [0.25, 0.3) is 0 Å². The van der Waals surface area contributed by atoms with Crippen molar-refractivity contribution in [3.05, 3.63) is 23.3 Å². The van der Waals surface area contributed by atoms with Gasteiger partial charge in [-0.25, -0.2) is 0 Å². The Morgan fingerprint density at radius 2 is 1.03 bits per heavy atom. The van der Waals surface area contributed by atoms with Crippen LogP contribution in [0.25, 0.3) is 0 Å². The van der Waals surface area contributed by atoms with Crippen LogP contribution in [-0.2, 0) is 17.4 Å². The van der Waals surface area contributed by atoms with Gasteiger partial charge in [-0.1, -0.05) is 0 Å². The fourth-order valence-corrected chi connectivity index (χ4v) is 17.6. The summed E-state index contributed by atoms with van der Waals surface area (Å²) in [5.74, 6) is 1.71. The molecule has 1 unspecified atom stereocenters. The Hall–Kier alpha value is 0.0743. The summed E-state index contributed by atoms with van der Waals surface area (Å²) in [6, 6.07) is 0. The Morgan fingerprint density at radius 1 is 0.667 bits per heavy atom. The number of nitrogens with zero attached hydrogens (tertiary/aromatic N) is 3. The molecule has 0 fully saturated rings. The Morgan fingerprint density at radius 3 is 1.27 bits per heavy atom. The molecule has 0 aromatic heterocycles. The first-order valence-corrected chi connectivity index (χ1v) is 15.7. The number of hydrogen-bond acceptors (Lipinski definition) is 3. The molecule has 1 rings (SSSR count). The predicted octanol–water partition coefficient (Wildman–Crippen LogP) is 6.90. The fourth-order valence-electron chi connectivity index (χ4n) is 6.22. The van der Waals surface area contributed by atoms with Gasteiger partial charge in [-0.15, -0.1) is 0 Å². The first-order chi connectivity index (χ1) is 14.1. The molecular formula is C26H53N3Ti. The molecule has 0 N–H and O–H groups in total. The van der Waals surface area contributed by atoms with Crippen LogP contribution in [-0.4, -0.2) is 49.4 Å². The van der Waals surface area contributed by atoms with Crippen molar-refractivity contribution < 1.29 is 17.4 Å². The third kappa shape index (κ3) is 4.44. The van der Waals surface area contributed by atoms with Gasteiger partial charge in [0.15, 0.2) is 0 Å². The summed E-state index contributed by atoms with van der Waals surface area (Å²) in [7, 11) is 0. The zero-order valence-corrected chi connectivity index (χ0v) is 24.0. The van der Waals surface area contributed by atoms with Crippen LogP contribution < -0.4 is 0 Å². The van der Waals surface area contributed by atoms with Crippen LogP contribution in [0.15, 0.2) is 23.3 Å². The summed E-state index contributed by atoms with van der Waals surface area (Å²) in [6.45, 7) is 35.8. The zero-order chi connectivity index (χ0) is 23.3. The van der Waals surface area contributed by atoms with E-state index in [1.807, 2.05) is 0 Å². The van der Waals surface area contributed by atoms with E-state index < -0.39 is 17.4 Å². The normalized spacial score (nSPS) is 20.5. The zero-order valence-electron chi connectivity index (χ0n) is 22.5. The molecule has 30 heavy (non-hydrogen) atoms. The van der Waals surface area contributed by atoms with Crippen molar-refractivity contribution in [2.75, 3.05) is 39.3 Å². The minimum absolute atomic E-state index is 0.137. The second kappa shape index (κ2) is 11.8. The maximum atomic E-state index is 2.95. The quantitative estimate of drug-likeness (QED) is 0.280. The average Bonchev–Trinajstić information content (AvgIpc) is 3.13. The van der Waals surface area contributed by atoms with E-state index in [0.717, 1.165) is 39.3 Å². The molecule has 0 saturated heterocycles. The molecule has 0 spiro atoms. The minimum atomic E-state index is -3.07. The molecule has 0 heterocycles. The monoisotopic (exact) mass is 455 g/mol. The molecule has 0 aromatic rings. The molecule has 0 radical (unpaired) electrons. The van der Waals surface area contributed by atoms with Gasteiger partial charge in [0, 0.05) is 0 Å². The Labute approximate surface area is 194 Å². The standard InChI is InChI=1S/C14H23.3C4H10N.Ti/c1-9(2)12-7-13(10(3)4)14(8-12)11(5)6;3*1-3-5-4-2;/h7-11H,1-6H3;3*3-4H2,1-2H3;/q;3*-1;+3. The van der Waals surface area contributed by atoms with Crippen molar-refractivity contribution in [1.82, 2.24) is 10.1 Å². The van der Waals surface area contributed by atoms with E-state index in [9.17, 15) is 0 Å². The van der Waals surface area contributed by atoms with E-state index in [0.29, 0.717) is 17.8 Å². The molecule has 1 atom stereocenters. The third-order valence-electron chi connectivity index (χ3n) is 7.56. The van der Waals surface area contributed by atoms with Gasteiger partial charge < -0.3 is 0 Å². The molecule has 176 valence electrons. The third-order valence-corrected chi connectivity index (χ3v) is 18.0. The Bertz CT molecular complexity index is 550. The van der Waals surface area contributed by atoms with E-state index >= 15 is 0 Å². The summed E-state index contributed by atoms with van der Waals surface area (Å²) < 4.78 is 9.00. The topological polar surface area (TPSA) is 9.72 Å². The van der Waals surface area contributed by atoms with Crippen molar-refractivity contribution >= 4 is 0 Å². The summed E-state index contributed by atoms with van der Waals surface area (Å²) in [6.07, 6.45) is 5.40. The predicted molar refractivity (Wildman–Crippen MR) is 132 cm³/mol. The van der Waals surface area contributed by atoms with E-state index in [1.165, 1.54) is 0 Å². The summed E-state index contributed by atoms with van der Waals surface area (Å²) in [4.78, 5) is 0. The van der Waals surface area contributed by atoms with Crippen LogP contribution in [0.1, 0.15) is 83.1 Å². The molecule has 3 nitrogen and oxygen atoms in total. The first-order valence-electron chi connectivity index (χ1n) is 12.8. The number of hydrogen-bond donors (Lipinski definition) is 0. The van der Waals surface area contributed by atoms with E-state index in [1.54, 1.807) is 11.1 Å². The van der Waals surface area contributed by atoms with Crippen molar-refractivity contribution in [3.8, 4) is 0 Å². The van der Waals surface area contributed by atoms with Gasteiger partial charge in [-0.3, -0.25) is 0 Å². The van der Waals surface area contributed by atoms with Gasteiger partial charge in [-0.05, 0) is 0 Å². The molecule has 0 saturated carbocycles. The molecule has 1 aliphatic rings. The van der Waals surface area contributed by atoms with Gasteiger partial charge in [0.1, 0.15) is 0 Å². The maximum absolute atomic E-state index is 3.07. The van der Waals surface area contributed by atoms with Crippen molar-refractivity contribution in [2.24, 2.45) is 17.8 Å². The van der Waals surface area contributed by atoms with Gasteiger partial charge in [-0.2, -0.15) is 0 Å². The van der Waals surface area contributed by atoms with Gasteiger partial charge >= 0.3 is 195 Å². The van der Waals surface area contributed by atoms with Crippen LogP contribution in [0.4, 0.5) is 0 Å². The van der Waals surface area contributed by atoms with Crippen molar-refractivity contribution in [1.29, 1.82) is 0 Å². The van der Waals surface area contributed by atoms with Gasteiger partial charge in [0.2, 0.25) is 0 Å². The number of rotatable bonds is 13. The molecule has 1 aliphatic carbocycles. The second-order valence-electron chi connectivity index (χ2n) is 9.73. The first kappa shape index (κ1) is 28.1. The molecule has 0 aliphatic heterocycles. The Kier molecular flexibility index (Phi) is 11.1. The molecule has 4 heteroatoms. The van der Waals surface area contributed by atoms with Crippen LogP contribution in [0.2, 0.25) is 3.72 Å². The van der Waals surface area contributed by atoms with Gasteiger partial charge in [0.05, 0.1) is 0 Å². The summed E-state index contributed by atoms with van der Waals surface area (Å²) in [5.41, 5.74) is 3.26. The summed E-state index contributed by atoms with van der Waals surface area (Å²) in [5, 5.41) is 0. The average molecular weight is 456 g/mol. The molecule has 0 amide bonds. The SMILES string of the molecule is CC[N](CC)[Ti]([N](CC)CC)([N](CC)CC)[C]1(C(C)C)C=C(C(C)C)C=C1C(C)C. The molecular weight excluding hydrogens is 402 g/mol. The van der Waals surface area contributed by atoms with E-state index in [4.69, 9.17) is 0 Å². The van der Waals surface area contributed by atoms with E-state index in [2.05, 4.69) is 105 Å². The second-order valence-corrected chi connectivity index (χ2v) is 16.0. The van der Waals surface area contributed by atoms with Crippen molar-refractivity contribution in [2.45, 2.75) is 86.8 Å². The van der Waals surface area contributed by atoms with E-state index in [-0.39, 0.29) is 3.72 Å². The van der Waals surface area contributed by atoms with Crippen LogP contribution >= 0.6 is 0 Å².